The molecule has 0 radical (unpaired) electrons. The van der Waals surface area contributed by atoms with Crippen molar-refractivity contribution in [1.29, 1.82) is 0 Å². The lowest BCUT2D eigenvalue weighted by molar-refractivity contribution is -0.129. The maximum absolute atomic E-state index is 13.5. The van der Waals surface area contributed by atoms with Crippen molar-refractivity contribution in [1.82, 2.24) is 19.8 Å². The molecule has 4 heterocycles. The van der Waals surface area contributed by atoms with Gasteiger partial charge < -0.3 is 15.0 Å². The maximum atomic E-state index is 13.5. The van der Waals surface area contributed by atoms with Crippen LogP contribution in [0, 0.1) is 17.7 Å². The molecule has 186 valence electrons. The van der Waals surface area contributed by atoms with E-state index in [1.54, 1.807) is 29.0 Å². The molecular formula is C28H29FN4O3. The molecule has 7 nitrogen and oxygen atoms in total. The van der Waals surface area contributed by atoms with Crippen molar-refractivity contribution in [3.05, 3.63) is 88.4 Å². The number of hydrogen-bond donors (Lipinski definition) is 2. The first-order chi connectivity index (χ1) is 17.5. The van der Waals surface area contributed by atoms with E-state index in [0.29, 0.717) is 24.2 Å². The lowest BCUT2D eigenvalue weighted by Crippen LogP contribution is -2.52. The molecule has 2 N–H and O–H groups in total. The summed E-state index contributed by atoms with van der Waals surface area (Å²) in [5, 5.41) is 13.7. The van der Waals surface area contributed by atoms with Gasteiger partial charge in [-0.1, -0.05) is 18.2 Å². The smallest absolute Gasteiger partial charge is 0.258 e. The van der Waals surface area contributed by atoms with Gasteiger partial charge in [-0.3, -0.25) is 19.5 Å². The standard InChI is InChI=1S/C28H29FN4O3/c29-18-9-7-17(8-10-18)21-11-12-24-25-22(15-32(24)28(21)36)23(16-34)26(27(35)31-19-5-3-6-19)33(25)14-20-4-1-2-13-30-20/h1-2,4,7-13,19,22-23,25-26,34H,3,5-6,14-16H2,(H,31,35)/t22-,23-,25+,26-/m0/s1. The first-order valence-electron chi connectivity index (χ1n) is 12.6. The fourth-order valence-corrected chi connectivity index (χ4v) is 6.15. The first-order valence-corrected chi connectivity index (χ1v) is 12.6. The Kier molecular flexibility index (Phi) is 5.93. The summed E-state index contributed by atoms with van der Waals surface area (Å²) in [6.45, 7) is 0.719. The zero-order chi connectivity index (χ0) is 24.8. The van der Waals surface area contributed by atoms with Crippen LogP contribution in [0.15, 0.2) is 65.6 Å². The van der Waals surface area contributed by atoms with E-state index in [1.165, 1.54) is 12.1 Å². The number of benzene rings is 1. The van der Waals surface area contributed by atoms with E-state index in [1.807, 2.05) is 24.3 Å². The van der Waals surface area contributed by atoms with Crippen LogP contribution in [0.25, 0.3) is 11.1 Å². The molecular weight excluding hydrogens is 459 g/mol. The van der Waals surface area contributed by atoms with E-state index in [4.69, 9.17) is 0 Å². The van der Waals surface area contributed by atoms with Gasteiger partial charge >= 0.3 is 0 Å². The third kappa shape index (κ3) is 3.85. The molecule has 1 aliphatic carbocycles. The summed E-state index contributed by atoms with van der Waals surface area (Å²) in [6, 6.07) is 14.9. The number of halogens is 1. The molecule has 3 aromatic rings. The monoisotopic (exact) mass is 488 g/mol. The number of rotatable bonds is 6. The number of aliphatic hydroxyl groups excluding tert-OH is 1. The molecule has 2 aliphatic heterocycles. The second-order valence-electron chi connectivity index (χ2n) is 10.1. The average molecular weight is 489 g/mol. The highest BCUT2D eigenvalue weighted by atomic mass is 19.1. The van der Waals surface area contributed by atoms with Gasteiger partial charge in [-0.25, -0.2) is 4.39 Å². The summed E-state index contributed by atoms with van der Waals surface area (Å²) in [7, 11) is 0. The summed E-state index contributed by atoms with van der Waals surface area (Å²) in [5.74, 6) is -0.808. The zero-order valence-electron chi connectivity index (χ0n) is 19.9. The minimum absolute atomic E-state index is 0.0547. The van der Waals surface area contributed by atoms with Gasteiger partial charge in [0.1, 0.15) is 5.82 Å². The second kappa shape index (κ2) is 9.26. The van der Waals surface area contributed by atoms with Crippen molar-refractivity contribution >= 4 is 5.91 Å². The molecule has 4 atom stereocenters. The Morgan fingerprint density at radius 3 is 2.58 bits per heavy atom. The number of nitrogens with zero attached hydrogens (tertiary/aromatic N) is 3. The summed E-state index contributed by atoms with van der Waals surface area (Å²) in [4.78, 5) is 33.7. The molecule has 1 saturated carbocycles. The SMILES string of the molecule is O=C(NC1CCC1)[C@@H]1[C@@H](CO)[C@@H]2Cn3c(ccc(-c4ccc(F)cc4)c3=O)[C@@H]2N1Cc1ccccn1. The molecule has 2 fully saturated rings. The van der Waals surface area contributed by atoms with E-state index >= 15 is 0 Å². The zero-order valence-corrected chi connectivity index (χ0v) is 19.9. The molecule has 2 aromatic heterocycles. The maximum Gasteiger partial charge on any atom is 0.258 e. The number of pyridine rings is 2. The van der Waals surface area contributed by atoms with Crippen molar-refractivity contribution in [2.75, 3.05) is 6.61 Å². The molecule has 0 spiro atoms. The molecule has 0 bridgehead atoms. The van der Waals surface area contributed by atoms with Crippen LogP contribution in [-0.2, 0) is 17.9 Å². The van der Waals surface area contributed by atoms with Gasteiger partial charge in [0.25, 0.3) is 5.56 Å². The van der Waals surface area contributed by atoms with E-state index in [9.17, 15) is 19.1 Å². The fourth-order valence-electron chi connectivity index (χ4n) is 6.15. The van der Waals surface area contributed by atoms with Crippen molar-refractivity contribution < 1.29 is 14.3 Å². The van der Waals surface area contributed by atoms with Crippen LogP contribution >= 0.6 is 0 Å². The lowest BCUT2D eigenvalue weighted by atomic mass is 9.87. The predicted octanol–water partition coefficient (Wildman–Crippen LogP) is 2.88. The van der Waals surface area contributed by atoms with Crippen LogP contribution in [0.2, 0.25) is 0 Å². The van der Waals surface area contributed by atoms with E-state index in [0.717, 1.165) is 30.7 Å². The number of aromatic nitrogens is 2. The Hall–Kier alpha value is -3.36. The van der Waals surface area contributed by atoms with Crippen molar-refractivity contribution in [3.8, 4) is 11.1 Å². The molecule has 0 unspecified atom stereocenters. The molecule has 1 saturated heterocycles. The quantitative estimate of drug-likeness (QED) is 0.557. The van der Waals surface area contributed by atoms with Gasteiger partial charge in [0.05, 0.1) is 17.8 Å². The Labute approximate surface area is 208 Å². The number of hydrogen-bond acceptors (Lipinski definition) is 5. The van der Waals surface area contributed by atoms with E-state index < -0.39 is 6.04 Å². The van der Waals surface area contributed by atoms with E-state index in [-0.39, 0.29) is 47.8 Å². The normalized spacial score (nSPS) is 25.3. The Balaban J connectivity index is 1.40. The average Bonchev–Trinajstić information content (AvgIpc) is 3.38. The Morgan fingerprint density at radius 2 is 1.92 bits per heavy atom. The molecule has 3 aliphatic rings. The topological polar surface area (TPSA) is 87.5 Å². The summed E-state index contributed by atoms with van der Waals surface area (Å²) in [5.41, 5.74) is 2.70. The van der Waals surface area contributed by atoms with Gasteiger partial charge in [0.15, 0.2) is 0 Å². The Bertz CT molecular complexity index is 1320. The highest BCUT2D eigenvalue weighted by molar-refractivity contribution is 5.83. The third-order valence-corrected chi connectivity index (χ3v) is 8.14. The fraction of sp³-hybridized carbons (Fsp3) is 0.393. The van der Waals surface area contributed by atoms with Gasteiger partial charge in [0.2, 0.25) is 5.91 Å². The summed E-state index contributed by atoms with van der Waals surface area (Å²) >= 11 is 0. The number of nitrogens with one attached hydrogen (secondary N) is 1. The largest absolute Gasteiger partial charge is 0.396 e. The summed E-state index contributed by atoms with van der Waals surface area (Å²) < 4.78 is 15.2. The lowest BCUT2D eigenvalue weighted by Gasteiger charge is -2.34. The summed E-state index contributed by atoms with van der Waals surface area (Å²) in [6.07, 6.45) is 4.83. The van der Waals surface area contributed by atoms with Crippen LogP contribution < -0.4 is 10.9 Å². The van der Waals surface area contributed by atoms with Crippen molar-refractivity contribution in [2.24, 2.45) is 11.8 Å². The van der Waals surface area contributed by atoms with Crippen molar-refractivity contribution in [3.63, 3.8) is 0 Å². The highest BCUT2D eigenvalue weighted by Crippen LogP contribution is 2.50. The van der Waals surface area contributed by atoms with Crippen LogP contribution in [0.4, 0.5) is 4.39 Å². The van der Waals surface area contributed by atoms with Crippen molar-refractivity contribution in [2.45, 2.75) is 50.5 Å². The Morgan fingerprint density at radius 1 is 1.11 bits per heavy atom. The number of likely N-dealkylation sites (tertiary alicyclic amines) is 1. The number of amides is 1. The number of carbonyl (C=O) groups is 1. The van der Waals surface area contributed by atoms with Crippen LogP contribution in [0.1, 0.15) is 36.7 Å². The number of fused-ring (bicyclic) bond motifs is 3. The van der Waals surface area contributed by atoms with Gasteiger partial charge in [-0.2, -0.15) is 0 Å². The first kappa shape index (κ1) is 23.1. The molecule has 1 aromatic carbocycles. The van der Waals surface area contributed by atoms with Gasteiger partial charge in [-0.15, -0.1) is 0 Å². The van der Waals surface area contributed by atoms with E-state index in [2.05, 4.69) is 15.2 Å². The third-order valence-electron chi connectivity index (χ3n) is 8.14. The molecule has 6 rings (SSSR count). The molecule has 36 heavy (non-hydrogen) atoms. The minimum atomic E-state index is -0.506. The highest BCUT2D eigenvalue weighted by Gasteiger charge is 2.55. The van der Waals surface area contributed by atoms with Gasteiger partial charge in [0, 0.05) is 55.0 Å². The predicted molar refractivity (Wildman–Crippen MR) is 132 cm³/mol. The molecule has 1 amide bonds. The van der Waals surface area contributed by atoms with Gasteiger partial charge in [-0.05, 0) is 61.2 Å². The second-order valence-corrected chi connectivity index (χ2v) is 10.1. The number of carbonyl (C=O) groups excluding carboxylic acids is 1. The van der Waals surface area contributed by atoms with Crippen LogP contribution in [-0.4, -0.2) is 44.2 Å². The van der Waals surface area contributed by atoms with Crippen LogP contribution in [0.3, 0.4) is 0 Å². The molecule has 8 heteroatoms. The van der Waals surface area contributed by atoms with Crippen LogP contribution in [0.5, 0.6) is 0 Å². The minimum Gasteiger partial charge on any atom is -0.396 e. The number of aliphatic hydroxyl groups is 1.